The minimum absolute atomic E-state index is 0.0578. The van der Waals surface area contributed by atoms with Crippen LogP contribution in [0.2, 0.25) is 0 Å². The zero-order valence-electron chi connectivity index (χ0n) is 9.60. The molecule has 0 bridgehead atoms. The van der Waals surface area contributed by atoms with Crippen LogP contribution in [0.3, 0.4) is 0 Å². The zero-order valence-corrected chi connectivity index (χ0v) is 11.2. The van der Waals surface area contributed by atoms with Crippen molar-refractivity contribution in [1.82, 2.24) is 0 Å². The second-order valence-electron chi connectivity index (χ2n) is 3.33. The third-order valence-corrected chi connectivity index (χ3v) is 2.79. The minimum Gasteiger partial charge on any atom is -0.465 e. The van der Waals surface area contributed by atoms with Crippen LogP contribution in [0.5, 0.6) is 5.75 Å². The summed E-state index contributed by atoms with van der Waals surface area (Å²) in [6, 6.07) is 2.43. The van der Waals surface area contributed by atoms with Gasteiger partial charge in [-0.05, 0) is 40.0 Å². The molecule has 0 atom stereocenters. The molecule has 18 heavy (non-hydrogen) atoms. The number of aryl methyl sites for hydroxylation is 1. The Morgan fingerprint density at radius 1 is 1.39 bits per heavy atom. The summed E-state index contributed by atoms with van der Waals surface area (Å²) in [5.74, 6) is -1.17. The Bertz CT molecular complexity index is 458. The number of ether oxygens (including phenoxy) is 2. The lowest BCUT2D eigenvalue weighted by atomic mass is 10.1. The van der Waals surface area contributed by atoms with Gasteiger partial charge in [-0.25, -0.2) is 4.79 Å². The van der Waals surface area contributed by atoms with Crippen LogP contribution >= 0.6 is 15.9 Å². The average Bonchev–Trinajstić information content (AvgIpc) is 2.28. The van der Waals surface area contributed by atoms with Crippen LogP contribution < -0.4 is 4.74 Å². The number of hydrogen-bond donors (Lipinski definition) is 0. The van der Waals surface area contributed by atoms with Crippen molar-refractivity contribution >= 4 is 21.9 Å². The number of benzene rings is 1. The number of carbonyl (C=O) groups is 1. The standard InChI is InChI=1S/C11H10BrF3O3/c1-3-6-4-8(12)9(18-11(13,14)15)5-7(6)10(16)17-2/h4-5H,3H2,1-2H3. The fraction of sp³-hybridized carbons (Fsp3) is 0.364. The van der Waals surface area contributed by atoms with Crippen LogP contribution in [0.25, 0.3) is 0 Å². The first kappa shape index (κ1) is 14.8. The van der Waals surface area contributed by atoms with Crippen molar-refractivity contribution in [3.63, 3.8) is 0 Å². The van der Waals surface area contributed by atoms with Gasteiger partial charge in [-0.2, -0.15) is 0 Å². The molecular weight excluding hydrogens is 317 g/mol. The molecule has 0 fully saturated rings. The molecule has 7 heteroatoms. The normalized spacial score (nSPS) is 11.2. The lowest BCUT2D eigenvalue weighted by Crippen LogP contribution is -2.18. The lowest BCUT2D eigenvalue weighted by molar-refractivity contribution is -0.274. The monoisotopic (exact) mass is 326 g/mol. The van der Waals surface area contributed by atoms with E-state index in [0.717, 1.165) is 13.2 Å². The maximum atomic E-state index is 12.2. The molecular formula is C11H10BrF3O3. The summed E-state index contributed by atoms with van der Waals surface area (Å²) < 4.78 is 44.9. The van der Waals surface area contributed by atoms with Gasteiger partial charge >= 0.3 is 12.3 Å². The first-order chi connectivity index (χ1) is 8.28. The van der Waals surface area contributed by atoms with Crippen LogP contribution in [-0.2, 0) is 11.2 Å². The first-order valence-corrected chi connectivity index (χ1v) is 5.74. The molecule has 100 valence electrons. The summed E-state index contributed by atoms with van der Waals surface area (Å²) in [5.41, 5.74) is 0.630. The Balaban J connectivity index is 3.25. The topological polar surface area (TPSA) is 35.5 Å². The van der Waals surface area contributed by atoms with Gasteiger partial charge in [-0.3, -0.25) is 0 Å². The summed E-state index contributed by atoms with van der Waals surface area (Å²) in [6.07, 6.45) is -4.33. The summed E-state index contributed by atoms with van der Waals surface area (Å²) >= 11 is 2.97. The SMILES string of the molecule is CCc1cc(Br)c(OC(F)(F)F)cc1C(=O)OC. The van der Waals surface area contributed by atoms with Crippen molar-refractivity contribution in [2.75, 3.05) is 7.11 Å². The van der Waals surface area contributed by atoms with Gasteiger partial charge in [0.05, 0.1) is 17.1 Å². The van der Waals surface area contributed by atoms with Crippen molar-refractivity contribution in [1.29, 1.82) is 0 Å². The smallest absolute Gasteiger partial charge is 0.465 e. The number of rotatable bonds is 3. The van der Waals surface area contributed by atoms with E-state index in [2.05, 4.69) is 25.4 Å². The molecule has 3 nitrogen and oxygen atoms in total. The molecule has 0 saturated heterocycles. The number of halogens is 4. The molecule has 0 saturated carbocycles. The second-order valence-corrected chi connectivity index (χ2v) is 4.19. The van der Waals surface area contributed by atoms with Crippen molar-refractivity contribution in [3.05, 3.63) is 27.7 Å². The van der Waals surface area contributed by atoms with Crippen LogP contribution in [0.15, 0.2) is 16.6 Å². The first-order valence-electron chi connectivity index (χ1n) is 4.95. The highest BCUT2D eigenvalue weighted by Crippen LogP contribution is 2.33. The highest BCUT2D eigenvalue weighted by atomic mass is 79.9. The molecule has 0 aliphatic heterocycles. The highest BCUT2D eigenvalue weighted by molar-refractivity contribution is 9.10. The Kier molecular flexibility index (Phi) is 4.61. The molecule has 0 unspecified atom stereocenters. The van der Waals surface area contributed by atoms with E-state index < -0.39 is 18.1 Å². The van der Waals surface area contributed by atoms with E-state index in [0.29, 0.717) is 12.0 Å². The molecule has 1 rings (SSSR count). The van der Waals surface area contributed by atoms with Crippen LogP contribution in [0, 0.1) is 0 Å². The largest absolute Gasteiger partial charge is 0.573 e. The second kappa shape index (κ2) is 5.60. The number of methoxy groups -OCH3 is 1. The Labute approximate surface area is 110 Å². The van der Waals surface area contributed by atoms with Crippen LogP contribution in [0.1, 0.15) is 22.8 Å². The van der Waals surface area contributed by atoms with Crippen LogP contribution in [-0.4, -0.2) is 19.4 Å². The van der Waals surface area contributed by atoms with Gasteiger partial charge in [0.15, 0.2) is 0 Å². The van der Waals surface area contributed by atoms with E-state index in [1.54, 1.807) is 6.92 Å². The minimum atomic E-state index is -4.82. The number of alkyl halides is 3. The molecule has 0 aromatic heterocycles. The maximum absolute atomic E-state index is 12.2. The average molecular weight is 327 g/mol. The molecule has 0 aliphatic carbocycles. The molecule has 1 aromatic rings. The van der Waals surface area contributed by atoms with Crippen molar-refractivity contribution in [3.8, 4) is 5.75 Å². The molecule has 1 aromatic carbocycles. The van der Waals surface area contributed by atoms with Gasteiger partial charge in [0.25, 0.3) is 0 Å². The third-order valence-electron chi connectivity index (χ3n) is 2.17. The maximum Gasteiger partial charge on any atom is 0.573 e. The zero-order chi connectivity index (χ0) is 13.9. The van der Waals surface area contributed by atoms with Gasteiger partial charge in [0.1, 0.15) is 5.75 Å². The summed E-state index contributed by atoms with van der Waals surface area (Å²) in [6.45, 7) is 1.78. The lowest BCUT2D eigenvalue weighted by Gasteiger charge is -2.14. The van der Waals surface area contributed by atoms with E-state index in [4.69, 9.17) is 0 Å². The van der Waals surface area contributed by atoms with E-state index in [1.807, 2.05) is 0 Å². The fourth-order valence-corrected chi connectivity index (χ4v) is 1.86. The fourth-order valence-electron chi connectivity index (χ4n) is 1.39. The molecule has 0 spiro atoms. The number of carbonyl (C=O) groups excluding carboxylic acids is 1. The summed E-state index contributed by atoms with van der Waals surface area (Å²) in [4.78, 5) is 11.4. The van der Waals surface area contributed by atoms with E-state index >= 15 is 0 Å². The van der Waals surface area contributed by atoms with Crippen molar-refractivity contribution in [2.24, 2.45) is 0 Å². The highest BCUT2D eigenvalue weighted by Gasteiger charge is 2.32. The van der Waals surface area contributed by atoms with Gasteiger partial charge in [0.2, 0.25) is 0 Å². The molecule has 0 amide bonds. The van der Waals surface area contributed by atoms with E-state index in [9.17, 15) is 18.0 Å². The van der Waals surface area contributed by atoms with E-state index in [1.165, 1.54) is 6.07 Å². The van der Waals surface area contributed by atoms with Gasteiger partial charge in [-0.15, -0.1) is 13.2 Å². The van der Waals surface area contributed by atoms with Crippen LogP contribution in [0.4, 0.5) is 13.2 Å². The Morgan fingerprint density at radius 3 is 2.44 bits per heavy atom. The van der Waals surface area contributed by atoms with Crippen molar-refractivity contribution in [2.45, 2.75) is 19.7 Å². The van der Waals surface area contributed by atoms with Gasteiger partial charge in [0, 0.05) is 0 Å². The van der Waals surface area contributed by atoms with Crippen molar-refractivity contribution < 1.29 is 27.4 Å². The molecule has 0 N–H and O–H groups in total. The predicted octanol–water partition coefficient (Wildman–Crippen LogP) is 3.70. The third kappa shape index (κ3) is 3.63. The summed E-state index contributed by atoms with van der Waals surface area (Å²) in [5, 5.41) is 0. The Hall–Kier alpha value is -1.24. The van der Waals surface area contributed by atoms with Gasteiger partial charge < -0.3 is 9.47 Å². The molecule has 0 heterocycles. The molecule has 0 radical (unpaired) electrons. The number of esters is 1. The molecule has 0 aliphatic rings. The predicted molar refractivity (Wildman–Crippen MR) is 61.5 cm³/mol. The van der Waals surface area contributed by atoms with Gasteiger partial charge in [-0.1, -0.05) is 6.92 Å². The quantitative estimate of drug-likeness (QED) is 0.794. The summed E-state index contributed by atoms with van der Waals surface area (Å²) in [7, 11) is 1.16. The number of hydrogen-bond acceptors (Lipinski definition) is 3. The van der Waals surface area contributed by atoms with E-state index in [-0.39, 0.29) is 10.0 Å². The Morgan fingerprint density at radius 2 is 2.00 bits per heavy atom.